The quantitative estimate of drug-likeness (QED) is 0.487. The van der Waals surface area contributed by atoms with Crippen molar-refractivity contribution in [2.45, 2.75) is 11.8 Å². The van der Waals surface area contributed by atoms with Gasteiger partial charge in [-0.3, -0.25) is 9.10 Å². The van der Waals surface area contributed by atoms with Gasteiger partial charge in [0.1, 0.15) is 11.6 Å². The molecule has 0 bridgehead atoms. The van der Waals surface area contributed by atoms with E-state index < -0.39 is 34.3 Å². The first-order valence-corrected chi connectivity index (χ1v) is 11.5. The molecular formula is C24H23FN2O6S. The maximum atomic E-state index is 13.4. The van der Waals surface area contributed by atoms with Crippen LogP contribution in [0.25, 0.3) is 0 Å². The lowest BCUT2D eigenvalue weighted by Gasteiger charge is -2.20. The molecule has 8 nitrogen and oxygen atoms in total. The first-order chi connectivity index (χ1) is 16.1. The van der Waals surface area contributed by atoms with E-state index in [0.717, 1.165) is 10.4 Å². The van der Waals surface area contributed by atoms with Crippen molar-refractivity contribution in [1.29, 1.82) is 0 Å². The second-order valence-electron chi connectivity index (χ2n) is 7.28. The SMILES string of the molecule is COc1ccc(N(C)S(=O)(=O)c2cccc(C(=O)OCC(=O)Nc3cc(F)ccc3C)c2)cc1. The summed E-state index contributed by atoms with van der Waals surface area (Å²) in [6.07, 6.45) is 0. The summed E-state index contributed by atoms with van der Waals surface area (Å²) < 4.78 is 50.6. The predicted octanol–water partition coefficient (Wildman–Crippen LogP) is 3.76. The summed E-state index contributed by atoms with van der Waals surface area (Å²) in [6.45, 7) is 1.06. The van der Waals surface area contributed by atoms with Crippen molar-refractivity contribution >= 4 is 33.3 Å². The van der Waals surface area contributed by atoms with E-state index in [1.807, 2.05) is 0 Å². The highest BCUT2D eigenvalue weighted by atomic mass is 32.2. The van der Waals surface area contributed by atoms with Gasteiger partial charge < -0.3 is 14.8 Å². The van der Waals surface area contributed by atoms with Crippen molar-refractivity contribution in [3.8, 4) is 5.75 Å². The fraction of sp³-hybridized carbons (Fsp3) is 0.167. The van der Waals surface area contributed by atoms with Crippen LogP contribution in [-0.2, 0) is 19.6 Å². The second kappa shape index (κ2) is 10.3. The number of anilines is 2. The largest absolute Gasteiger partial charge is 0.497 e. The zero-order valence-corrected chi connectivity index (χ0v) is 19.6. The number of hydrogen-bond donors (Lipinski definition) is 1. The third kappa shape index (κ3) is 5.70. The number of amides is 1. The molecule has 0 fully saturated rings. The number of carbonyl (C=O) groups excluding carboxylic acids is 2. The molecule has 0 aliphatic rings. The molecule has 0 aromatic heterocycles. The standard InChI is InChI=1S/C24H23FN2O6S/c1-16-7-8-18(25)14-22(16)26-23(28)15-33-24(29)17-5-4-6-21(13-17)34(30,31)27(2)19-9-11-20(32-3)12-10-19/h4-14H,15H2,1-3H3,(H,26,28). The molecule has 0 heterocycles. The average molecular weight is 487 g/mol. The van der Waals surface area contributed by atoms with Crippen LogP contribution >= 0.6 is 0 Å². The van der Waals surface area contributed by atoms with Crippen LogP contribution < -0.4 is 14.4 Å². The third-order valence-corrected chi connectivity index (χ3v) is 6.75. The van der Waals surface area contributed by atoms with Gasteiger partial charge in [-0.25, -0.2) is 17.6 Å². The number of rotatable bonds is 8. The van der Waals surface area contributed by atoms with Crippen molar-refractivity contribution in [2.24, 2.45) is 0 Å². The fourth-order valence-corrected chi connectivity index (χ4v) is 4.24. The Morgan fingerprint density at radius 1 is 1.03 bits per heavy atom. The third-order valence-electron chi connectivity index (χ3n) is 4.97. The minimum absolute atomic E-state index is 0.0426. The van der Waals surface area contributed by atoms with E-state index in [-0.39, 0.29) is 16.1 Å². The van der Waals surface area contributed by atoms with Crippen LogP contribution in [0, 0.1) is 12.7 Å². The molecule has 0 saturated carbocycles. The maximum Gasteiger partial charge on any atom is 0.338 e. The van der Waals surface area contributed by atoms with Gasteiger partial charge in [-0.15, -0.1) is 0 Å². The molecular weight excluding hydrogens is 463 g/mol. The van der Waals surface area contributed by atoms with Crippen molar-refractivity contribution < 1.29 is 31.9 Å². The Labute approximate surface area is 197 Å². The summed E-state index contributed by atoms with van der Waals surface area (Å²) in [7, 11) is -1.08. The highest BCUT2D eigenvalue weighted by Gasteiger charge is 2.23. The first kappa shape index (κ1) is 24.7. The number of nitrogens with zero attached hydrogens (tertiary/aromatic N) is 1. The number of sulfonamides is 1. The molecule has 1 N–H and O–H groups in total. The zero-order valence-electron chi connectivity index (χ0n) is 18.7. The molecule has 0 radical (unpaired) electrons. The number of halogens is 1. The predicted molar refractivity (Wildman–Crippen MR) is 125 cm³/mol. The molecule has 0 aliphatic carbocycles. The van der Waals surface area contributed by atoms with E-state index >= 15 is 0 Å². The molecule has 0 spiro atoms. The number of methoxy groups -OCH3 is 1. The molecule has 1 amide bonds. The molecule has 3 aromatic rings. The van der Waals surface area contributed by atoms with E-state index in [9.17, 15) is 22.4 Å². The monoisotopic (exact) mass is 486 g/mol. The Balaban J connectivity index is 1.69. The van der Waals surface area contributed by atoms with Crippen molar-refractivity contribution in [1.82, 2.24) is 0 Å². The number of aryl methyl sites for hydroxylation is 1. The molecule has 3 aromatic carbocycles. The molecule has 34 heavy (non-hydrogen) atoms. The van der Waals surface area contributed by atoms with Gasteiger partial charge in [-0.1, -0.05) is 12.1 Å². The number of benzene rings is 3. The lowest BCUT2D eigenvalue weighted by molar-refractivity contribution is -0.119. The smallest absolute Gasteiger partial charge is 0.338 e. The molecule has 3 rings (SSSR count). The number of carbonyl (C=O) groups is 2. The Kier molecular flexibility index (Phi) is 7.52. The number of ether oxygens (including phenoxy) is 2. The number of nitrogens with one attached hydrogen (secondary N) is 1. The highest BCUT2D eigenvalue weighted by Crippen LogP contribution is 2.25. The number of esters is 1. The lowest BCUT2D eigenvalue weighted by atomic mass is 10.2. The van der Waals surface area contributed by atoms with Crippen LogP contribution in [0.2, 0.25) is 0 Å². The highest BCUT2D eigenvalue weighted by molar-refractivity contribution is 7.92. The van der Waals surface area contributed by atoms with Crippen molar-refractivity contribution in [3.05, 3.63) is 83.7 Å². The average Bonchev–Trinajstić information content (AvgIpc) is 2.84. The van der Waals surface area contributed by atoms with E-state index in [2.05, 4.69) is 5.32 Å². The number of hydrogen-bond acceptors (Lipinski definition) is 6. The fourth-order valence-electron chi connectivity index (χ4n) is 3.00. The van der Waals surface area contributed by atoms with Crippen LogP contribution in [0.15, 0.2) is 71.6 Å². The lowest BCUT2D eigenvalue weighted by Crippen LogP contribution is -2.27. The Morgan fingerprint density at radius 2 is 1.74 bits per heavy atom. The maximum absolute atomic E-state index is 13.4. The Morgan fingerprint density at radius 3 is 2.41 bits per heavy atom. The van der Waals surface area contributed by atoms with E-state index in [0.29, 0.717) is 17.0 Å². The van der Waals surface area contributed by atoms with Crippen LogP contribution in [0.4, 0.5) is 15.8 Å². The second-order valence-corrected chi connectivity index (χ2v) is 9.25. The van der Waals surface area contributed by atoms with Crippen LogP contribution in [0.3, 0.4) is 0 Å². The van der Waals surface area contributed by atoms with Crippen molar-refractivity contribution in [2.75, 3.05) is 30.4 Å². The molecule has 10 heteroatoms. The minimum Gasteiger partial charge on any atom is -0.497 e. The summed E-state index contributed by atoms with van der Waals surface area (Å²) in [5.41, 5.74) is 1.26. The molecule has 0 unspecified atom stereocenters. The van der Waals surface area contributed by atoms with E-state index in [1.54, 1.807) is 31.2 Å². The van der Waals surface area contributed by atoms with Gasteiger partial charge in [-0.2, -0.15) is 0 Å². The van der Waals surface area contributed by atoms with Crippen molar-refractivity contribution in [3.63, 3.8) is 0 Å². The zero-order chi connectivity index (χ0) is 24.9. The van der Waals surface area contributed by atoms with Crippen LogP contribution in [-0.4, -0.2) is 41.1 Å². The van der Waals surface area contributed by atoms with Gasteiger partial charge in [0, 0.05) is 12.7 Å². The summed E-state index contributed by atoms with van der Waals surface area (Å²) in [5.74, 6) is -1.48. The summed E-state index contributed by atoms with van der Waals surface area (Å²) in [5, 5.41) is 2.47. The molecule has 0 aliphatic heterocycles. The normalized spacial score (nSPS) is 10.9. The summed E-state index contributed by atoms with van der Waals surface area (Å²) >= 11 is 0. The Bertz CT molecular complexity index is 1310. The molecule has 178 valence electrons. The molecule has 0 saturated heterocycles. The van der Waals surface area contributed by atoms with Gasteiger partial charge in [-0.05, 0) is 67.1 Å². The van der Waals surface area contributed by atoms with Gasteiger partial charge in [0.25, 0.3) is 15.9 Å². The van der Waals surface area contributed by atoms with Crippen LogP contribution in [0.5, 0.6) is 5.75 Å². The molecule has 0 atom stereocenters. The summed E-state index contributed by atoms with van der Waals surface area (Å²) in [4.78, 5) is 24.4. The topological polar surface area (TPSA) is 102 Å². The van der Waals surface area contributed by atoms with Gasteiger partial charge >= 0.3 is 5.97 Å². The first-order valence-electron chi connectivity index (χ1n) is 10.1. The van der Waals surface area contributed by atoms with Crippen LogP contribution in [0.1, 0.15) is 15.9 Å². The minimum atomic E-state index is -3.98. The van der Waals surface area contributed by atoms with E-state index in [4.69, 9.17) is 9.47 Å². The van der Waals surface area contributed by atoms with E-state index in [1.165, 1.54) is 50.6 Å². The Hall–Kier alpha value is -3.92. The van der Waals surface area contributed by atoms with Gasteiger partial charge in [0.05, 0.1) is 23.3 Å². The summed E-state index contributed by atoms with van der Waals surface area (Å²) in [6, 6.07) is 15.7. The van der Waals surface area contributed by atoms with Gasteiger partial charge in [0.15, 0.2) is 6.61 Å². The van der Waals surface area contributed by atoms with Gasteiger partial charge in [0.2, 0.25) is 0 Å².